The molecule has 0 aromatic heterocycles. The third-order valence-electron chi connectivity index (χ3n) is 4.98. The quantitative estimate of drug-likeness (QED) is 0.493. The Bertz CT molecular complexity index is 1130. The lowest BCUT2D eigenvalue weighted by atomic mass is 9.96. The lowest BCUT2D eigenvalue weighted by Crippen LogP contribution is -1.95. The van der Waals surface area contributed by atoms with E-state index in [-0.39, 0.29) is 0 Å². The normalized spacial score (nSPS) is 16.5. The van der Waals surface area contributed by atoms with Crippen LogP contribution in [0.1, 0.15) is 22.3 Å². The van der Waals surface area contributed by atoms with E-state index in [1.54, 1.807) is 11.8 Å². The van der Waals surface area contributed by atoms with Gasteiger partial charge < -0.3 is 0 Å². The van der Waals surface area contributed by atoms with Gasteiger partial charge in [-0.2, -0.15) is 0 Å². The Kier molecular flexibility index (Phi) is 3.83. The Morgan fingerprint density at radius 2 is 1.44 bits per heavy atom. The minimum absolute atomic E-state index is 1.03. The zero-order valence-electron chi connectivity index (χ0n) is 15.2. The molecule has 0 aliphatic carbocycles. The largest absolute Gasteiger partial charge is 0.240 e. The van der Waals surface area contributed by atoms with Gasteiger partial charge in [0.05, 0.1) is 11.4 Å². The fraction of sp³-hybridized carbons (Fsp3) is 0.0833. The molecule has 2 nitrogen and oxygen atoms in total. The van der Waals surface area contributed by atoms with Crippen LogP contribution in [0.5, 0.6) is 0 Å². The molecular formula is C24H18N2S. The molecule has 2 heterocycles. The highest BCUT2D eigenvalue weighted by Crippen LogP contribution is 2.50. The van der Waals surface area contributed by atoms with Gasteiger partial charge in [0.1, 0.15) is 10.1 Å². The molecule has 0 saturated heterocycles. The van der Waals surface area contributed by atoms with Crippen molar-refractivity contribution in [2.45, 2.75) is 13.8 Å². The SMILES string of the molecule is Cc1cccc(C)c1N=C1SC2=Nc3ccccc3C2=C1c1ccccc1. The molecule has 0 spiro atoms. The summed E-state index contributed by atoms with van der Waals surface area (Å²) in [5.41, 5.74) is 9.29. The molecule has 5 rings (SSSR count). The van der Waals surface area contributed by atoms with Crippen molar-refractivity contribution in [2.75, 3.05) is 0 Å². The second-order valence-corrected chi connectivity index (χ2v) is 7.79. The van der Waals surface area contributed by atoms with E-state index >= 15 is 0 Å². The van der Waals surface area contributed by atoms with Crippen LogP contribution in [0, 0.1) is 13.8 Å². The van der Waals surface area contributed by atoms with Crippen molar-refractivity contribution in [3.05, 3.63) is 95.1 Å². The third-order valence-corrected chi connectivity index (χ3v) is 5.96. The van der Waals surface area contributed by atoms with Crippen LogP contribution in [0.4, 0.5) is 11.4 Å². The van der Waals surface area contributed by atoms with Crippen LogP contribution in [-0.2, 0) is 0 Å². The second-order valence-electron chi connectivity index (χ2n) is 6.81. The molecule has 3 aromatic carbocycles. The van der Waals surface area contributed by atoms with Crippen LogP contribution in [0.15, 0.2) is 82.8 Å². The molecule has 27 heavy (non-hydrogen) atoms. The molecule has 0 fully saturated rings. The summed E-state index contributed by atoms with van der Waals surface area (Å²) < 4.78 is 0. The van der Waals surface area contributed by atoms with Crippen molar-refractivity contribution in [1.29, 1.82) is 0 Å². The highest BCUT2D eigenvalue weighted by atomic mass is 32.2. The maximum Gasteiger partial charge on any atom is 0.112 e. The fourth-order valence-corrected chi connectivity index (χ4v) is 4.76. The van der Waals surface area contributed by atoms with Gasteiger partial charge in [-0.05, 0) is 48.4 Å². The molecule has 0 amide bonds. The molecule has 3 heteroatoms. The number of benzene rings is 3. The number of hydrogen-bond donors (Lipinski definition) is 0. The lowest BCUT2D eigenvalue weighted by Gasteiger charge is -2.10. The lowest BCUT2D eigenvalue weighted by molar-refractivity contribution is 1.33. The Balaban J connectivity index is 1.77. The molecule has 0 N–H and O–H groups in total. The van der Waals surface area contributed by atoms with Crippen LogP contribution in [0.3, 0.4) is 0 Å². The van der Waals surface area contributed by atoms with E-state index in [2.05, 4.69) is 80.6 Å². The van der Waals surface area contributed by atoms with Gasteiger partial charge in [-0.3, -0.25) is 0 Å². The van der Waals surface area contributed by atoms with E-state index in [0.717, 1.165) is 21.5 Å². The van der Waals surface area contributed by atoms with Gasteiger partial charge in [-0.25, -0.2) is 9.98 Å². The van der Waals surface area contributed by atoms with Crippen LogP contribution >= 0.6 is 11.8 Å². The molecule has 0 bridgehead atoms. The molecule has 0 radical (unpaired) electrons. The Morgan fingerprint density at radius 3 is 2.22 bits per heavy atom. The van der Waals surface area contributed by atoms with Crippen LogP contribution in [0.2, 0.25) is 0 Å². The molecule has 0 atom stereocenters. The minimum atomic E-state index is 1.03. The highest BCUT2D eigenvalue weighted by Gasteiger charge is 2.35. The molecule has 2 aliphatic rings. The van der Waals surface area contributed by atoms with Crippen LogP contribution in [-0.4, -0.2) is 10.1 Å². The first-order valence-corrected chi connectivity index (χ1v) is 9.85. The van der Waals surface area contributed by atoms with Crippen molar-refractivity contribution in [2.24, 2.45) is 9.98 Å². The Hall–Kier alpha value is -2.91. The molecule has 0 saturated carbocycles. The topological polar surface area (TPSA) is 24.7 Å². The first-order valence-electron chi connectivity index (χ1n) is 9.03. The smallest absolute Gasteiger partial charge is 0.112 e. The minimum Gasteiger partial charge on any atom is -0.240 e. The van der Waals surface area contributed by atoms with E-state index in [1.165, 1.54) is 33.4 Å². The Labute approximate surface area is 163 Å². The average molecular weight is 366 g/mol. The van der Waals surface area contributed by atoms with E-state index in [4.69, 9.17) is 9.98 Å². The summed E-state index contributed by atoms with van der Waals surface area (Å²) in [6, 6.07) is 25.2. The number of hydrogen-bond acceptors (Lipinski definition) is 3. The van der Waals surface area contributed by atoms with Gasteiger partial charge in [0.25, 0.3) is 0 Å². The average Bonchev–Trinajstić information content (AvgIpc) is 3.21. The summed E-state index contributed by atoms with van der Waals surface area (Å²) >= 11 is 1.68. The zero-order valence-corrected chi connectivity index (χ0v) is 16.0. The van der Waals surface area contributed by atoms with E-state index in [0.29, 0.717) is 0 Å². The predicted molar refractivity (Wildman–Crippen MR) is 117 cm³/mol. The monoisotopic (exact) mass is 366 g/mol. The summed E-state index contributed by atoms with van der Waals surface area (Å²) in [6.45, 7) is 4.24. The molecule has 0 unspecified atom stereocenters. The second kappa shape index (κ2) is 6.36. The number of thioether (sulfide) groups is 1. The summed E-state index contributed by atoms with van der Waals surface area (Å²) in [4.78, 5) is 9.98. The van der Waals surface area contributed by atoms with Crippen molar-refractivity contribution < 1.29 is 0 Å². The predicted octanol–water partition coefficient (Wildman–Crippen LogP) is 6.73. The third kappa shape index (κ3) is 2.66. The van der Waals surface area contributed by atoms with E-state index in [1.807, 2.05) is 6.07 Å². The van der Waals surface area contributed by atoms with E-state index < -0.39 is 0 Å². The van der Waals surface area contributed by atoms with Crippen molar-refractivity contribution in [1.82, 2.24) is 0 Å². The number of aliphatic imine (C=N–C) groups is 2. The van der Waals surface area contributed by atoms with Gasteiger partial charge in [0, 0.05) is 16.7 Å². The van der Waals surface area contributed by atoms with Gasteiger partial charge in [0.2, 0.25) is 0 Å². The summed E-state index contributed by atoms with van der Waals surface area (Å²) in [5.74, 6) is 0. The Morgan fingerprint density at radius 1 is 0.741 bits per heavy atom. The first-order chi connectivity index (χ1) is 13.2. The molecular weight excluding hydrogens is 348 g/mol. The van der Waals surface area contributed by atoms with Gasteiger partial charge in [-0.15, -0.1) is 0 Å². The molecule has 130 valence electrons. The number of rotatable bonds is 2. The maximum atomic E-state index is 5.11. The number of para-hydroxylation sites is 2. The maximum absolute atomic E-state index is 5.11. The van der Waals surface area contributed by atoms with Crippen molar-refractivity contribution in [3.63, 3.8) is 0 Å². The highest BCUT2D eigenvalue weighted by molar-refractivity contribution is 8.29. The molecule has 3 aromatic rings. The summed E-state index contributed by atoms with van der Waals surface area (Å²) in [6.07, 6.45) is 0. The van der Waals surface area contributed by atoms with Gasteiger partial charge in [-0.1, -0.05) is 66.7 Å². The van der Waals surface area contributed by atoms with Crippen molar-refractivity contribution >= 4 is 44.4 Å². The van der Waals surface area contributed by atoms with Gasteiger partial charge in [0.15, 0.2) is 0 Å². The number of nitrogens with zero attached hydrogens (tertiary/aromatic N) is 2. The van der Waals surface area contributed by atoms with Crippen LogP contribution in [0.25, 0.3) is 11.1 Å². The standard InChI is InChI=1S/C24H18N2S/c1-15-9-8-10-16(2)22(15)26-23-20(17-11-4-3-5-12-17)21-18-13-6-7-14-19(18)25-24(21)27-23/h3-14H,1-2H3. The van der Waals surface area contributed by atoms with Gasteiger partial charge >= 0.3 is 0 Å². The number of aryl methyl sites for hydroxylation is 2. The van der Waals surface area contributed by atoms with E-state index in [9.17, 15) is 0 Å². The summed E-state index contributed by atoms with van der Waals surface area (Å²) in [5, 5.41) is 2.09. The summed E-state index contributed by atoms with van der Waals surface area (Å²) in [7, 11) is 0. The van der Waals surface area contributed by atoms with Crippen LogP contribution < -0.4 is 0 Å². The molecule has 2 aliphatic heterocycles. The number of fused-ring (bicyclic) bond motifs is 3. The fourth-order valence-electron chi connectivity index (χ4n) is 3.66. The zero-order chi connectivity index (χ0) is 18.4. The first kappa shape index (κ1) is 16.3. The van der Waals surface area contributed by atoms with Crippen molar-refractivity contribution in [3.8, 4) is 0 Å².